The van der Waals surface area contributed by atoms with Crippen molar-refractivity contribution in [3.63, 3.8) is 0 Å². The minimum absolute atomic E-state index is 0.146. The number of unbranched alkanes of at least 4 members (excludes halogenated alkanes) is 10. The molecule has 0 unspecified atom stereocenters. The first-order chi connectivity index (χ1) is 18.2. The molecular formula is C33H54O5. The Morgan fingerprint density at radius 2 is 1.42 bits per heavy atom. The molecule has 216 valence electrons. The van der Waals surface area contributed by atoms with Crippen LogP contribution in [0.5, 0.6) is 0 Å². The Labute approximate surface area is 231 Å². The van der Waals surface area contributed by atoms with E-state index in [9.17, 15) is 9.59 Å². The van der Waals surface area contributed by atoms with E-state index in [4.69, 9.17) is 14.2 Å². The van der Waals surface area contributed by atoms with Crippen molar-refractivity contribution >= 4 is 11.8 Å². The van der Waals surface area contributed by atoms with E-state index in [2.05, 4.69) is 27.7 Å². The highest BCUT2D eigenvalue weighted by Gasteiger charge is 2.95. The molecule has 7 atom stereocenters. The molecule has 5 fully saturated rings. The third-order valence-electron chi connectivity index (χ3n) is 11.3. The zero-order valence-electron chi connectivity index (χ0n) is 24.8. The maximum atomic E-state index is 12.8. The molecule has 2 aliphatic heterocycles. The summed E-state index contributed by atoms with van der Waals surface area (Å²) in [4.78, 5) is 25.0. The zero-order valence-corrected chi connectivity index (χ0v) is 24.8. The lowest BCUT2D eigenvalue weighted by atomic mass is 9.64. The van der Waals surface area contributed by atoms with Crippen molar-refractivity contribution in [2.24, 2.45) is 28.1 Å². The second-order valence-electron chi connectivity index (χ2n) is 14.6. The Kier molecular flexibility index (Phi) is 8.38. The van der Waals surface area contributed by atoms with E-state index < -0.39 is 6.29 Å². The third kappa shape index (κ3) is 5.13. The molecule has 0 N–H and O–H groups in total. The van der Waals surface area contributed by atoms with Crippen molar-refractivity contribution in [1.29, 1.82) is 0 Å². The van der Waals surface area contributed by atoms with E-state index in [0.29, 0.717) is 55.3 Å². The van der Waals surface area contributed by atoms with Crippen molar-refractivity contribution in [3.8, 4) is 0 Å². The van der Waals surface area contributed by atoms with Gasteiger partial charge in [-0.3, -0.25) is 9.59 Å². The van der Waals surface area contributed by atoms with Crippen molar-refractivity contribution in [1.82, 2.24) is 0 Å². The lowest BCUT2D eigenvalue weighted by Gasteiger charge is -2.37. The molecule has 5 aliphatic rings. The molecule has 0 amide bonds. The Balaban J connectivity index is 0.951. The van der Waals surface area contributed by atoms with Gasteiger partial charge in [0.15, 0.2) is 0 Å². The van der Waals surface area contributed by atoms with E-state index in [1.165, 1.54) is 70.6 Å². The van der Waals surface area contributed by atoms with Crippen LogP contribution in [0, 0.1) is 28.1 Å². The standard InChI is InChI=1S/C33H54O5/c1-5-6-7-8-9-10-11-12-13-14-17-24(34)18-15-16-19-27(35)37-29-32-22-31(32,4)26-21-30(2,3)20-25(26)28-33(32,38-28)23-36-29/h25-26,28-29H,5-23H2,1-4H3/t25-,26+,28+,29-,31-,32+,33+/m1/s1. The summed E-state index contributed by atoms with van der Waals surface area (Å²) in [5, 5.41) is 0. The lowest BCUT2D eigenvalue weighted by molar-refractivity contribution is -0.182. The molecule has 5 heteroatoms. The molecule has 2 heterocycles. The van der Waals surface area contributed by atoms with Gasteiger partial charge in [0.2, 0.25) is 6.29 Å². The molecular weight excluding hydrogens is 476 g/mol. The van der Waals surface area contributed by atoms with Gasteiger partial charge in [-0.05, 0) is 61.2 Å². The number of carbonyl (C=O) groups is 2. The number of fused-ring (bicyclic) bond motifs is 3. The van der Waals surface area contributed by atoms with Crippen molar-refractivity contribution in [2.75, 3.05) is 6.61 Å². The number of hydrogen-bond acceptors (Lipinski definition) is 5. The summed E-state index contributed by atoms with van der Waals surface area (Å²) in [5.41, 5.74) is 0.162. The summed E-state index contributed by atoms with van der Waals surface area (Å²) < 4.78 is 18.6. The molecule has 0 aromatic heterocycles. The van der Waals surface area contributed by atoms with E-state index in [1.54, 1.807) is 0 Å². The van der Waals surface area contributed by atoms with Crippen LogP contribution in [-0.4, -0.2) is 36.4 Å². The van der Waals surface area contributed by atoms with Gasteiger partial charge in [0.25, 0.3) is 0 Å². The molecule has 2 saturated heterocycles. The van der Waals surface area contributed by atoms with E-state index in [0.717, 1.165) is 19.3 Å². The molecule has 0 aromatic carbocycles. The molecule has 5 nitrogen and oxygen atoms in total. The average Bonchev–Trinajstić information content (AvgIpc) is 3.69. The zero-order chi connectivity index (χ0) is 27.0. The van der Waals surface area contributed by atoms with Gasteiger partial charge in [-0.2, -0.15) is 0 Å². The highest BCUT2D eigenvalue weighted by molar-refractivity contribution is 5.78. The maximum Gasteiger partial charge on any atom is 0.308 e. The van der Waals surface area contributed by atoms with Gasteiger partial charge in [-0.1, -0.05) is 85.5 Å². The number of esters is 1. The first-order valence-corrected chi connectivity index (χ1v) is 16.2. The van der Waals surface area contributed by atoms with Crippen LogP contribution < -0.4 is 0 Å². The minimum atomic E-state index is -0.465. The summed E-state index contributed by atoms with van der Waals surface area (Å²) in [6.45, 7) is 10.0. The lowest BCUT2D eigenvalue weighted by Crippen LogP contribution is -2.46. The first kappa shape index (κ1) is 28.6. The number of epoxide rings is 1. The molecule has 3 saturated carbocycles. The SMILES string of the molecule is CCCCCCCCCCCCC(=O)CCCCC(=O)O[C@H]1OC[C@]23O[C@H]2[C@@H]2CC(C)(C)C[C@@H]2[C@@]2(C)C[C@@]132. The fourth-order valence-electron chi connectivity index (χ4n) is 9.22. The van der Waals surface area contributed by atoms with Crippen molar-refractivity contribution < 1.29 is 23.8 Å². The van der Waals surface area contributed by atoms with Gasteiger partial charge < -0.3 is 14.2 Å². The maximum absolute atomic E-state index is 12.8. The summed E-state index contributed by atoms with van der Waals surface area (Å²) in [7, 11) is 0. The van der Waals surface area contributed by atoms with Crippen LogP contribution in [0.3, 0.4) is 0 Å². The van der Waals surface area contributed by atoms with E-state index >= 15 is 0 Å². The van der Waals surface area contributed by atoms with Gasteiger partial charge in [0.05, 0.1) is 18.1 Å². The number of Topliss-reactive ketones (excluding diaryl/α,β-unsaturated/α-hetero) is 1. The number of hydrogen-bond donors (Lipinski definition) is 0. The molecule has 5 rings (SSSR count). The monoisotopic (exact) mass is 530 g/mol. The molecule has 0 aromatic rings. The molecule has 0 bridgehead atoms. The van der Waals surface area contributed by atoms with Crippen LogP contribution in [0.2, 0.25) is 0 Å². The summed E-state index contributed by atoms with van der Waals surface area (Å²) in [5.74, 6) is 1.44. The molecule has 0 radical (unpaired) electrons. The van der Waals surface area contributed by atoms with Gasteiger partial charge in [0.1, 0.15) is 11.4 Å². The fourth-order valence-corrected chi connectivity index (χ4v) is 9.22. The summed E-state index contributed by atoms with van der Waals surface area (Å²) >= 11 is 0. The van der Waals surface area contributed by atoms with Gasteiger partial charge in [-0.25, -0.2) is 0 Å². The second-order valence-corrected chi connectivity index (χ2v) is 14.6. The normalized spacial score (nSPS) is 39.2. The fraction of sp³-hybridized carbons (Fsp3) is 0.939. The Bertz CT molecular complexity index is 867. The summed E-state index contributed by atoms with van der Waals surface area (Å²) in [6.07, 6.45) is 19.4. The van der Waals surface area contributed by atoms with E-state index in [-0.39, 0.29) is 28.5 Å². The second kappa shape index (κ2) is 11.1. The first-order valence-electron chi connectivity index (χ1n) is 16.2. The number of ether oxygens (including phenoxy) is 3. The van der Waals surface area contributed by atoms with Gasteiger partial charge >= 0.3 is 5.97 Å². The number of carbonyl (C=O) groups excluding carboxylic acids is 2. The highest BCUT2D eigenvalue weighted by atomic mass is 16.7. The van der Waals surface area contributed by atoms with Gasteiger partial charge in [0, 0.05) is 19.3 Å². The smallest absolute Gasteiger partial charge is 0.308 e. The number of rotatable bonds is 17. The van der Waals surface area contributed by atoms with Crippen LogP contribution >= 0.6 is 0 Å². The highest BCUT2D eigenvalue weighted by Crippen LogP contribution is 2.88. The quantitative estimate of drug-likeness (QED) is 0.109. The van der Waals surface area contributed by atoms with Crippen molar-refractivity contribution in [3.05, 3.63) is 0 Å². The van der Waals surface area contributed by atoms with Crippen LogP contribution in [0.1, 0.15) is 143 Å². The van der Waals surface area contributed by atoms with Gasteiger partial charge in [-0.15, -0.1) is 0 Å². The van der Waals surface area contributed by atoms with Crippen molar-refractivity contribution in [2.45, 2.75) is 161 Å². The minimum Gasteiger partial charge on any atom is -0.435 e. The Morgan fingerprint density at radius 3 is 2.11 bits per heavy atom. The molecule has 3 aliphatic carbocycles. The molecule has 38 heavy (non-hydrogen) atoms. The average molecular weight is 531 g/mol. The van der Waals surface area contributed by atoms with E-state index in [1.807, 2.05) is 0 Å². The summed E-state index contributed by atoms with van der Waals surface area (Å²) in [6, 6.07) is 0. The Morgan fingerprint density at radius 1 is 0.816 bits per heavy atom. The third-order valence-corrected chi connectivity index (χ3v) is 11.3. The Hall–Kier alpha value is -0.940. The largest absolute Gasteiger partial charge is 0.435 e. The molecule has 2 spiro atoms. The number of ketones is 1. The van der Waals surface area contributed by atoms with Crippen LogP contribution in [0.15, 0.2) is 0 Å². The van der Waals surface area contributed by atoms with Crippen LogP contribution in [-0.2, 0) is 23.8 Å². The predicted molar refractivity (Wildman–Crippen MR) is 149 cm³/mol. The van der Waals surface area contributed by atoms with Crippen LogP contribution in [0.25, 0.3) is 0 Å². The predicted octanol–water partition coefficient (Wildman–Crippen LogP) is 7.93. The van der Waals surface area contributed by atoms with Crippen LogP contribution in [0.4, 0.5) is 0 Å². The topological polar surface area (TPSA) is 65.1 Å².